The van der Waals surface area contributed by atoms with Gasteiger partial charge in [0.05, 0.1) is 0 Å². The van der Waals surface area contributed by atoms with Crippen LogP contribution in [-0.4, -0.2) is 0 Å². The molecule has 2 rings (SSSR count). The largest absolute Gasteiger partial charge is 0.0683 e. The molecule has 2 fully saturated rings. The van der Waals surface area contributed by atoms with E-state index in [0.717, 1.165) is 17.8 Å². The Morgan fingerprint density at radius 1 is 0.737 bits per heavy atom. The molecule has 0 atom stereocenters. The zero-order chi connectivity index (χ0) is 14.5. The standard InChI is InChI=1S/C9H18.C8H16.C2H6/c1-8(2)9-6-4-3-5-7-9;1-2-8-6-4-3-5-7-8;1-2/h8-9H,3-7H2,1-2H3;8H,2-7H2,1H3;1-2H3. The molecule has 0 aromatic carbocycles. The van der Waals surface area contributed by atoms with Crippen molar-refractivity contribution in [1.29, 1.82) is 0 Å². The summed E-state index contributed by atoms with van der Waals surface area (Å²) in [5.74, 6) is 3.08. The van der Waals surface area contributed by atoms with Gasteiger partial charge in [0.2, 0.25) is 0 Å². The molecule has 0 amide bonds. The van der Waals surface area contributed by atoms with Crippen molar-refractivity contribution in [3.8, 4) is 0 Å². The summed E-state index contributed by atoms with van der Waals surface area (Å²) in [5, 5.41) is 0. The van der Waals surface area contributed by atoms with Crippen LogP contribution in [-0.2, 0) is 0 Å². The molecule has 2 saturated carbocycles. The number of rotatable bonds is 2. The second kappa shape index (κ2) is 13.0. The molecule has 0 radical (unpaired) electrons. The van der Waals surface area contributed by atoms with Gasteiger partial charge in [-0.3, -0.25) is 0 Å². The van der Waals surface area contributed by atoms with Gasteiger partial charge in [-0.2, -0.15) is 0 Å². The Balaban J connectivity index is 0.000000303. The quantitative estimate of drug-likeness (QED) is 0.495. The molecule has 0 aromatic heterocycles. The third kappa shape index (κ3) is 9.52. The van der Waals surface area contributed by atoms with Crippen molar-refractivity contribution < 1.29 is 0 Å². The molecule has 0 saturated heterocycles. The lowest BCUT2D eigenvalue weighted by Crippen LogP contribution is -2.12. The highest BCUT2D eigenvalue weighted by atomic mass is 14.2. The first-order valence-electron chi connectivity index (χ1n) is 9.24. The maximum atomic E-state index is 2.36. The summed E-state index contributed by atoms with van der Waals surface area (Å²) < 4.78 is 0. The maximum Gasteiger partial charge on any atom is -0.0391 e. The summed E-state index contributed by atoms with van der Waals surface area (Å²) in [7, 11) is 0. The van der Waals surface area contributed by atoms with E-state index in [1.165, 1.54) is 70.6 Å². The van der Waals surface area contributed by atoms with E-state index in [1.807, 2.05) is 13.8 Å². The van der Waals surface area contributed by atoms with Crippen molar-refractivity contribution in [2.75, 3.05) is 0 Å². The zero-order valence-electron chi connectivity index (χ0n) is 14.5. The van der Waals surface area contributed by atoms with Crippen LogP contribution in [0.3, 0.4) is 0 Å². The van der Waals surface area contributed by atoms with Gasteiger partial charge in [-0.25, -0.2) is 0 Å². The molecular formula is C19H40. The van der Waals surface area contributed by atoms with Crippen LogP contribution in [0.4, 0.5) is 0 Å². The van der Waals surface area contributed by atoms with Gasteiger partial charge >= 0.3 is 0 Å². The molecule has 0 N–H and O–H groups in total. The van der Waals surface area contributed by atoms with Crippen LogP contribution < -0.4 is 0 Å². The highest BCUT2D eigenvalue weighted by Gasteiger charge is 2.15. The fourth-order valence-electron chi connectivity index (χ4n) is 3.40. The fraction of sp³-hybridized carbons (Fsp3) is 1.00. The molecule has 0 aliphatic heterocycles. The molecule has 0 nitrogen and oxygen atoms in total. The predicted molar refractivity (Wildman–Crippen MR) is 89.6 cm³/mol. The lowest BCUT2D eigenvalue weighted by atomic mass is 9.82. The van der Waals surface area contributed by atoms with Crippen LogP contribution in [0.5, 0.6) is 0 Å². The van der Waals surface area contributed by atoms with Crippen molar-refractivity contribution >= 4 is 0 Å². The Labute approximate surface area is 123 Å². The van der Waals surface area contributed by atoms with Gasteiger partial charge in [0.25, 0.3) is 0 Å². The number of hydrogen-bond acceptors (Lipinski definition) is 0. The Hall–Kier alpha value is 0. The van der Waals surface area contributed by atoms with Gasteiger partial charge in [0.15, 0.2) is 0 Å². The van der Waals surface area contributed by atoms with E-state index < -0.39 is 0 Å². The Morgan fingerprint density at radius 2 is 1.16 bits per heavy atom. The normalized spacial score (nSPS) is 21.2. The average Bonchev–Trinajstić information content (AvgIpc) is 2.51. The van der Waals surface area contributed by atoms with Crippen LogP contribution in [0.15, 0.2) is 0 Å². The molecule has 0 unspecified atom stereocenters. The van der Waals surface area contributed by atoms with Crippen LogP contribution in [0, 0.1) is 17.8 Å². The van der Waals surface area contributed by atoms with Gasteiger partial charge in [-0.1, -0.05) is 105 Å². The second-order valence-electron chi connectivity index (χ2n) is 6.55. The van der Waals surface area contributed by atoms with Crippen molar-refractivity contribution in [3.63, 3.8) is 0 Å². The fourth-order valence-corrected chi connectivity index (χ4v) is 3.40. The maximum absolute atomic E-state index is 2.36. The van der Waals surface area contributed by atoms with E-state index in [-0.39, 0.29) is 0 Å². The SMILES string of the molecule is CC.CC(C)C1CCCCC1.CCC1CCCCC1. The van der Waals surface area contributed by atoms with Gasteiger partial charge in [0, 0.05) is 0 Å². The molecule has 2 aliphatic carbocycles. The Bertz CT molecular complexity index is 159. The van der Waals surface area contributed by atoms with E-state index in [9.17, 15) is 0 Å². The molecule has 116 valence electrons. The minimum Gasteiger partial charge on any atom is -0.0683 e. The third-order valence-electron chi connectivity index (χ3n) is 4.89. The molecule has 19 heavy (non-hydrogen) atoms. The lowest BCUT2D eigenvalue weighted by molar-refractivity contribution is 0.279. The first kappa shape index (κ1) is 19.0. The molecule has 0 heterocycles. The molecule has 0 spiro atoms. The molecular weight excluding hydrogens is 228 g/mol. The highest BCUT2D eigenvalue weighted by Crippen LogP contribution is 2.29. The summed E-state index contributed by atoms with van der Waals surface area (Å²) in [5.41, 5.74) is 0. The number of hydrogen-bond donors (Lipinski definition) is 0. The second-order valence-corrected chi connectivity index (χ2v) is 6.55. The smallest absolute Gasteiger partial charge is 0.0391 e. The van der Waals surface area contributed by atoms with E-state index in [1.54, 1.807) is 0 Å². The van der Waals surface area contributed by atoms with Crippen LogP contribution >= 0.6 is 0 Å². The molecule has 0 bridgehead atoms. The van der Waals surface area contributed by atoms with Crippen LogP contribution in [0.2, 0.25) is 0 Å². The first-order chi connectivity index (χ1) is 9.24. The first-order valence-corrected chi connectivity index (χ1v) is 9.24. The summed E-state index contributed by atoms with van der Waals surface area (Å²) in [6, 6.07) is 0. The van der Waals surface area contributed by atoms with Crippen LogP contribution in [0.1, 0.15) is 105 Å². The van der Waals surface area contributed by atoms with Crippen LogP contribution in [0.25, 0.3) is 0 Å². The van der Waals surface area contributed by atoms with Crippen molar-refractivity contribution in [1.82, 2.24) is 0 Å². The summed E-state index contributed by atoms with van der Waals surface area (Å²) >= 11 is 0. The van der Waals surface area contributed by atoms with E-state index in [2.05, 4.69) is 20.8 Å². The summed E-state index contributed by atoms with van der Waals surface area (Å²) in [6.45, 7) is 11.0. The molecule has 0 heteroatoms. The summed E-state index contributed by atoms with van der Waals surface area (Å²) in [4.78, 5) is 0. The van der Waals surface area contributed by atoms with Gasteiger partial charge in [-0.15, -0.1) is 0 Å². The van der Waals surface area contributed by atoms with E-state index in [0.29, 0.717) is 0 Å². The van der Waals surface area contributed by atoms with Crippen molar-refractivity contribution in [2.45, 2.75) is 105 Å². The van der Waals surface area contributed by atoms with E-state index in [4.69, 9.17) is 0 Å². The third-order valence-corrected chi connectivity index (χ3v) is 4.89. The molecule has 2 aliphatic rings. The topological polar surface area (TPSA) is 0 Å². The lowest BCUT2D eigenvalue weighted by Gasteiger charge is -2.24. The van der Waals surface area contributed by atoms with Crippen molar-refractivity contribution in [2.24, 2.45) is 17.8 Å². The minimum atomic E-state index is 0.935. The van der Waals surface area contributed by atoms with Crippen molar-refractivity contribution in [3.05, 3.63) is 0 Å². The van der Waals surface area contributed by atoms with Gasteiger partial charge in [-0.05, 0) is 17.8 Å². The predicted octanol–water partition coefficient (Wildman–Crippen LogP) is 7.23. The van der Waals surface area contributed by atoms with E-state index >= 15 is 0 Å². The Morgan fingerprint density at radius 3 is 1.42 bits per heavy atom. The highest BCUT2D eigenvalue weighted by molar-refractivity contribution is 4.67. The van der Waals surface area contributed by atoms with Gasteiger partial charge in [0.1, 0.15) is 0 Å². The van der Waals surface area contributed by atoms with Gasteiger partial charge < -0.3 is 0 Å². The monoisotopic (exact) mass is 268 g/mol. The molecule has 0 aromatic rings. The zero-order valence-corrected chi connectivity index (χ0v) is 14.5. The minimum absolute atomic E-state index is 0.935. The Kier molecular flexibility index (Phi) is 13.0. The summed E-state index contributed by atoms with van der Waals surface area (Å²) in [6.07, 6.45) is 16.4. The average molecular weight is 269 g/mol.